The van der Waals surface area contributed by atoms with Gasteiger partial charge in [0.25, 0.3) is 5.56 Å². The smallest absolute Gasteiger partial charge is 0.262 e. The van der Waals surface area contributed by atoms with Crippen LogP contribution in [0.5, 0.6) is 5.75 Å². The zero-order valence-electron chi connectivity index (χ0n) is 21.7. The first-order valence-corrected chi connectivity index (χ1v) is 13.0. The molecular formula is C28H34FN5O3. The van der Waals surface area contributed by atoms with Gasteiger partial charge in [0.15, 0.2) is 11.6 Å². The Kier molecular flexibility index (Phi) is 7.15. The molecule has 0 atom stereocenters. The van der Waals surface area contributed by atoms with Crippen LogP contribution in [0.3, 0.4) is 0 Å². The maximum atomic E-state index is 14.1. The number of hydrogen-bond donors (Lipinski definition) is 1. The van der Waals surface area contributed by atoms with Gasteiger partial charge in [-0.15, -0.1) is 0 Å². The minimum absolute atomic E-state index is 0.0461. The number of rotatable bonds is 7. The van der Waals surface area contributed by atoms with Crippen LogP contribution in [-0.2, 0) is 11.3 Å². The van der Waals surface area contributed by atoms with Crippen molar-refractivity contribution in [1.82, 2.24) is 19.8 Å². The summed E-state index contributed by atoms with van der Waals surface area (Å²) >= 11 is 0. The van der Waals surface area contributed by atoms with Crippen LogP contribution < -0.4 is 20.5 Å². The Morgan fingerprint density at radius 2 is 1.92 bits per heavy atom. The monoisotopic (exact) mass is 507 g/mol. The molecular weight excluding hydrogens is 473 g/mol. The van der Waals surface area contributed by atoms with E-state index in [0.29, 0.717) is 34.9 Å². The van der Waals surface area contributed by atoms with Crippen LogP contribution in [0.15, 0.2) is 41.2 Å². The Morgan fingerprint density at radius 1 is 1.14 bits per heavy atom. The minimum atomic E-state index is -0.511. The lowest BCUT2D eigenvalue weighted by Gasteiger charge is -2.33. The molecule has 8 nitrogen and oxygen atoms in total. The zero-order valence-corrected chi connectivity index (χ0v) is 21.7. The van der Waals surface area contributed by atoms with E-state index in [-0.39, 0.29) is 29.7 Å². The number of fused-ring (bicyclic) bond motifs is 5. The quantitative estimate of drug-likeness (QED) is 0.529. The molecule has 1 aromatic heterocycles. The molecule has 37 heavy (non-hydrogen) atoms. The predicted octanol–water partition coefficient (Wildman–Crippen LogP) is 3.27. The van der Waals surface area contributed by atoms with Crippen molar-refractivity contribution in [3.63, 3.8) is 0 Å². The van der Waals surface area contributed by atoms with E-state index in [1.54, 1.807) is 6.07 Å². The number of piperidine rings is 1. The van der Waals surface area contributed by atoms with Gasteiger partial charge in [-0.1, -0.05) is 13.8 Å². The van der Waals surface area contributed by atoms with Crippen LogP contribution in [0.25, 0.3) is 22.3 Å². The van der Waals surface area contributed by atoms with E-state index in [1.807, 2.05) is 32.0 Å². The van der Waals surface area contributed by atoms with Gasteiger partial charge in [-0.2, -0.15) is 0 Å². The summed E-state index contributed by atoms with van der Waals surface area (Å²) < 4.78 is 20.7. The number of ether oxygens (including phenoxy) is 1. The van der Waals surface area contributed by atoms with Gasteiger partial charge < -0.3 is 19.9 Å². The average molecular weight is 508 g/mol. The third-order valence-electron chi connectivity index (χ3n) is 7.34. The minimum Gasteiger partial charge on any atom is -0.494 e. The first-order chi connectivity index (χ1) is 17.8. The van der Waals surface area contributed by atoms with E-state index < -0.39 is 5.82 Å². The molecule has 1 N–H and O–H groups in total. The topological polar surface area (TPSA) is 79.7 Å². The molecule has 3 aliphatic heterocycles. The third-order valence-corrected chi connectivity index (χ3v) is 7.34. The molecule has 3 fully saturated rings. The highest BCUT2D eigenvalue weighted by molar-refractivity contribution is 5.85. The van der Waals surface area contributed by atoms with Gasteiger partial charge in [-0.25, -0.2) is 9.37 Å². The van der Waals surface area contributed by atoms with Crippen LogP contribution in [0.4, 0.5) is 10.1 Å². The molecule has 0 radical (unpaired) electrons. The van der Waals surface area contributed by atoms with Crippen molar-refractivity contribution in [2.75, 3.05) is 44.7 Å². The molecule has 3 aliphatic rings. The highest BCUT2D eigenvalue weighted by atomic mass is 19.1. The fraction of sp³-hybridized carbons (Fsp3) is 0.464. The van der Waals surface area contributed by atoms with Crippen molar-refractivity contribution in [1.29, 1.82) is 0 Å². The van der Waals surface area contributed by atoms with Crippen molar-refractivity contribution in [3.05, 3.63) is 52.6 Å². The molecule has 2 aromatic carbocycles. The van der Waals surface area contributed by atoms with Crippen molar-refractivity contribution in [2.24, 2.45) is 5.92 Å². The van der Waals surface area contributed by atoms with E-state index in [2.05, 4.69) is 15.1 Å². The lowest BCUT2D eigenvalue weighted by molar-refractivity contribution is -0.121. The lowest BCUT2D eigenvalue weighted by atomic mass is 10.0. The van der Waals surface area contributed by atoms with Gasteiger partial charge in [0.1, 0.15) is 12.4 Å². The summed E-state index contributed by atoms with van der Waals surface area (Å²) in [6, 6.07) is 10.6. The number of aromatic nitrogens is 2. The molecule has 4 heterocycles. The number of anilines is 1. The fourth-order valence-electron chi connectivity index (χ4n) is 5.30. The van der Waals surface area contributed by atoms with Crippen molar-refractivity contribution in [2.45, 2.75) is 39.3 Å². The third kappa shape index (κ3) is 5.18. The molecule has 6 rings (SSSR count). The number of nitrogens with zero attached hydrogens (tertiary/aromatic N) is 4. The van der Waals surface area contributed by atoms with Gasteiger partial charge in [0, 0.05) is 50.0 Å². The fourth-order valence-corrected chi connectivity index (χ4v) is 5.30. The van der Waals surface area contributed by atoms with E-state index in [9.17, 15) is 14.0 Å². The largest absolute Gasteiger partial charge is 0.494 e. The van der Waals surface area contributed by atoms with E-state index in [0.717, 1.165) is 44.7 Å². The van der Waals surface area contributed by atoms with Crippen LogP contribution in [-0.4, -0.2) is 66.2 Å². The molecule has 3 saturated heterocycles. The Balaban J connectivity index is 1.60. The van der Waals surface area contributed by atoms with Crippen molar-refractivity contribution < 1.29 is 13.9 Å². The first kappa shape index (κ1) is 25.2. The summed E-state index contributed by atoms with van der Waals surface area (Å²) in [6.45, 7) is 8.49. The number of benzene rings is 2. The van der Waals surface area contributed by atoms with Crippen LogP contribution in [0.1, 0.15) is 26.7 Å². The van der Waals surface area contributed by atoms with E-state index in [4.69, 9.17) is 9.72 Å². The number of carbonyl (C=O) groups excluding carboxylic acids is 1. The summed E-state index contributed by atoms with van der Waals surface area (Å²) in [5.41, 5.74) is 1.74. The second kappa shape index (κ2) is 10.5. The second-order valence-corrected chi connectivity index (χ2v) is 10.3. The van der Waals surface area contributed by atoms with Crippen molar-refractivity contribution >= 4 is 22.5 Å². The SMILES string of the molecule is COc1cc(-c2nc3ccc(N4CCN5CCC4CC5)cc3c(=O)n2CC(=O)NCC(C)C)ccc1F. The highest BCUT2D eigenvalue weighted by Gasteiger charge is 2.29. The Morgan fingerprint density at radius 3 is 2.65 bits per heavy atom. The summed E-state index contributed by atoms with van der Waals surface area (Å²) in [7, 11) is 1.39. The molecule has 0 saturated carbocycles. The number of carbonyl (C=O) groups is 1. The number of hydrogen-bond acceptors (Lipinski definition) is 6. The Bertz CT molecular complexity index is 1360. The molecule has 196 valence electrons. The van der Waals surface area contributed by atoms with Gasteiger partial charge in [-0.3, -0.25) is 14.2 Å². The van der Waals surface area contributed by atoms with E-state index in [1.165, 1.54) is 23.8 Å². The predicted molar refractivity (Wildman–Crippen MR) is 143 cm³/mol. The molecule has 1 amide bonds. The maximum absolute atomic E-state index is 14.1. The maximum Gasteiger partial charge on any atom is 0.262 e. The summed E-state index contributed by atoms with van der Waals surface area (Å²) in [5, 5.41) is 3.34. The summed E-state index contributed by atoms with van der Waals surface area (Å²) in [5.74, 6) is -0.168. The molecule has 0 unspecified atom stereocenters. The normalized spacial score (nSPS) is 19.3. The Hall–Kier alpha value is -3.46. The Labute approximate surface area is 216 Å². The van der Waals surface area contributed by atoms with Crippen LogP contribution >= 0.6 is 0 Å². The molecule has 9 heteroatoms. The molecule has 0 spiro atoms. The first-order valence-electron chi connectivity index (χ1n) is 13.0. The average Bonchev–Trinajstić information content (AvgIpc) is 3.23. The number of methoxy groups -OCH3 is 1. The summed E-state index contributed by atoms with van der Waals surface area (Å²) in [4.78, 5) is 36.4. The van der Waals surface area contributed by atoms with Crippen molar-refractivity contribution in [3.8, 4) is 17.1 Å². The zero-order chi connectivity index (χ0) is 26.1. The molecule has 2 bridgehead atoms. The number of halogens is 1. The second-order valence-electron chi connectivity index (χ2n) is 10.3. The highest BCUT2D eigenvalue weighted by Crippen LogP contribution is 2.30. The van der Waals surface area contributed by atoms with Gasteiger partial charge in [0.05, 0.1) is 18.0 Å². The molecule has 0 aliphatic carbocycles. The van der Waals surface area contributed by atoms with Crippen LogP contribution in [0, 0.1) is 11.7 Å². The summed E-state index contributed by atoms with van der Waals surface area (Å²) in [6.07, 6.45) is 2.23. The molecule has 3 aromatic rings. The van der Waals surface area contributed by atoms with Crippen LogP contribution in [0.2, 0.25) is 0 Å². The number of amides is 1. The number of nitrogens with one attached hydrogen (secondary N) is 1. The lowest BCUT2D eigenvalue weighted by Crippen LogP contribution is -2.38. The van der Waals surface area contributed by atoms with Gasteiger partial charge >= 0.3 is 0 Å². The standard InChI is InChI=1S/C28H34FN5O3/c1-18(2)16-30-26(35)17-34-27(19-4-6-23(29)25(14-19)37-3)31-24-7-5-21(15-22(24)28(34)36)33-13-12-32-10-8-20(33)9-11-32/h4-7,14-15,18,20H,8-13,16-17H2,1-3H3,(H,30,35). The van der Waals surface area contributed by atoms with E-state index >= 15 is 0 Å². The van der Waals surface area contributed by atoms with Gasteiger partial charge in [0.2, 0.25) is 5.91 Å². The van der Waals surface area contributed by atoms with Gasteiger partial charge in [-0.05, 0) is 55.2 Å².